The molecule has 0 radical (unpaired) electrons. The van der Waals surface area contributed by atoms with Gasteiger partial charge in [0.05, 0.1) is 10.5 Å². The average molecular weight is 237 g/mol. The molecule has 0 unspecified atom stereocenters. The van der Waals surface area contributed by atoms with Crippen molar-refractivity contribution < 1.29 is 0 Å². The fraction of sp³-hybridized carbons (Fsp3) is 0.385. The molecule has 0 saturated carbocycles. The number of aryl methyl sites for hydroxylation is 2. The molecule has 0 saturated heterocycles. The van der Waals surface area contributed by atoms with E-state index in [9.17, 15) is 0 Å². The molecule has 0 aliphatic heterocycles. The smallest absolute Gasteiger partial charge is 0.0669 e. The minimum atomic E-state index is 0.769. The third kappa shape index (κ3) is 2.08. The molecule has 16 heavy (non-hydrogen) atoms. The van der Waals surface area contributed by atoms with Gasteiger partial charge >= 0.3 is 0 Å². The van der Waals surface area contributed by atoms with Crippen molar-refractivity contribution in [2.24, 2.45) is 12.8 Å². The molecule has 2 aromatic rings. The van der Waals surface area contributed by atoms with Crippen molar-refractivity contribution in [3.8, 4) is 0 Å². The second-order valence-corrected chi connectivity index (χ2v) is 4.53. The van der Waals surface area contributed by atoms with Gasteiger partial charge in [-0.15, -0.1) is 0 Å². The zero-order chi connectivity index (χ0) is 11.5. The molecule has 0 bridgehead atoms. The Morgan fingerprint density at radius 2 is 2.12 bits per heavy atom. The standard InChI is InChI=1S/C13H17ClN2/c1-16-11(6-2-3-8-15)9-10-5-4-7-12(14)13(10)16/h4-5,7,9H,2-3,6,8,15H2,1H3. The third-order valence-electron chi connectivity index (χ3n) is 2.99. The van der Waals surface area contributed by atoms with Gasteiger partial charge in [-0.1, -0.05) is 23.7 Å². The zero-order valence-electron chi connectivity index (χ0n) is 9.54. The lowest BCUT2D eigenvalue weighted by molar-refractivity contribution is 0.711. The second kappa shape index (κ2) is 4.89. The molecule has 0 spiro atoms. The van der Waals surface area contributed by atoms with Crippen LogP contribution in [0.4, 0.5) is 0 Å². The van der Waals surface area contributed by atoms with Crippen LogP contribution in [0.25, 0.3) is 10.9 Å². The van der Waals surface area contributed by atoms with Crippen molar-refractivity contribution in [2.45, 2.75) is 19.3 Å². The maximum Gasteiger partial charge on any atom is 0.0669 e. The quantitative estimate of drug-likeness (QED) is 0.813. The van der Waals surface area contributed by atoms with Crippen LogP contribution in [0, 0.1) is 0 Å². The summed E-state index contributed by atoms with van der Waals surface area (Å²) in [6.07, 6.45) is 3.28. The van der Waals surface area contributed by atoms with Gasteiger partial charge in [0.15, 0.2) is 0 Å². The topological polar surface area (TPSA) is 30.9 Å². The number of para-hydroxylation sites is 1. The fourth-order valence-electron chi connectivity index (χ4n) is 2.11. The molecule has 2 nitrogen and oxygen atoms in total. The highest BCUT2D eigenvalue weighted by atomic mass is 35.5. The Hall–Kier alpha value is -0.990. The molecule has 0 amide bonds. The van der Waals surface area contributed by atoms with Gasteiger partial charge in [0.25, 0.3) is 0 Å². The van der Waals surface area contributed by atoms with E-state index in [1.807, 2.05) is 12.1 Å². The van der Waals surface area contributed by atoms with E-state index in [0.717, 1.165) is 36.3 Å². The van der Waals surface area contributed by atoms with Crippen LogP contribution in [0.15, 0.2) is 24.3 Å². The van der Waals surface area contributed by atoms with Crippen LogP contribution >= 0.6 is 11.6 Å². The number of hydrogen-bond acceptors (Lipinski definition) is 1. The Labute approximate surface area is 101 Å². The molecule has 86 valence electrons. The van der Waals surface area contributed by atoms with Gasteiger partial charge < -0.3 is 10.3 Å². The lowest BCUT2D eigenvalue weighted by atomic mass is 10.2. The number of unbranched alkanes of at least 4 members (excludes halogenated alkanes) is 1. The molecular weight excluding hydrogens is 220 g/mol. The first-order valence-corrected chi connectivity index (χ1v) is 6.04. The van der Waals surface area contributed by atoms with E-state index < -0.39 is 0 Å². The Balaban J connectivity index is 2.33. The van der Waals surface area contributed by atoms with Gasteiger partial charge in [0.1, 0.15) is 0 Å². The van der Waals surface area contributed by atoms with Crippen LogP contribution in [0.5, 0.6) is 0 Å². The summed E-state index contributed by atoms with van der Waals surface area (Å²) in [5, 5.41) is 2.04. The van der Waals surface area contributed by atoms with E-state index in [1.165, 1.54) is 11.1 Å². The van der Waals surface area contributed by atoms with Crippen LogP contribution in [0.1, 0.15) is 18.5 Å². The number of fused-ring (bicyclic) bond motifs is 1. The largest absolute Gasteiger partial charge is 0.346 e. The van der Waals surface area contributed by atoms with Crippen LogP contribution in [0.3, 0.4) is 0 Å². The summed E-state index contributed by atoms with van der Waals surface area (Å²) in [5.74, 6) is 0. The SMILES string of the molecule is Cn1c(CCCCN)cc2cccc(Cl)c21. The normalized spacial score (nSPS) is 11.2. The number of benzene rings is 1. The maximum absolute atomic E-state index is 6.20. The monoisotopic (exact) mass is 236 g/mol. The van der Waals surface area contributed by atoms with Gasteiger partial charge in [-0.2, -0.15) is 0 Å². The molecule has 0 aliphatic carbocycles. The molecule has 3 heteroatoms. The van der Waals surface area contributed by atoms with Crippen molar-refractivity contribution in [3.05, 3.63) is 35.0 Å². The van der Waals surface area contributed by atoms with Gasteiger partial charge in [0.2, 0.25) is 0 Å². The summed E-state index contributed by atoms with van der Waals surface area (Å²) >= 11 is 6.20. The summed E-state index contributed by atoms with van der Waals surface area (Å²) in [6, 6.07) is 8.26. The lowest BCUT2D eigenvalue weighted by Crippen LogP contribution is -2.01. The van der Waals surface area contributed by atoms with Gasteiger partial charge in [-0.05, 0) is 37.9 Å². The van der Waals surface area contributed by atoms with E-state index in [2.05, 4.69) is 23.7 Å². The van der Waals surface area contributed by atoms with Crippen molar-refractivity contribution in [1.29, 1.82) is 0 Å². The lowest BCUT2D eigenvalue weighted by Gasteiger charge is -2.04. The first-order valence-electron chi connectivity index (χ1n) is 5.67. The Morgan fingerprint density at radius 1 is 1.31 bits per heavy atom. The van der Waals surface area contributed by atoms with Crippen LogP contribution in [0.2, 0.25) is 5.02 Å². The number of aromatic nitrogens is 1. The van der Waals surface area contributed by atoms with E-state index in [0.29, 0.717) is 0 Å². The van der Waals surface area contributed by atoms with Crippen molar-refractivity contribution >= 4 is 22.5 Å². The van der Waals surface area contributed by atoms with Gasteiger partial charge in [-0.3, -0.25) is 0 Å². The number of rotatable bonds is 4. The van der Waals surface area contributed by atoms with Crippen LogP contribution < -0.4 is 5.73 Å². The van der Waals surface area contributed by atoms with Gasteiger partial charge in [-0.25, -0.2) is 0 Å². The number of nitrogens with two attached hydrogens (primary N) is 1. The summed E-state index contributed by atoms with van der Waals surface area (Å²) in [4.78, 5) is 0. The molecule has 1 aromatic heterocycles. The summed E-state index contributed by atoms with van der Waals surface area (Å²) in [5.41, 5.74) is 7.96. The molecular formula is C13H17ClN2. The third-order valence-corrected chi connectivity index (χ3v) is 3.30. The Kier molecular flexibility index (Phi) is 3.52. The summed E-state index contributed by atoms with van der Waals surface area (Å²) in [6.45, 7) is 0.769. The number of halogens is 1. The average Bonchev–Trinajstić information content (AvgIpc) is 2.58. The highest BCUT2D eigenvalue weighted by Gasteiger charge is 2.07. The fourth-order valence-corrected chi connectivity index (χ4v) is 2.42. The van der Waals surface area contributed by atoms with Crippen LogP contribution in [-0.2, 0) is 13.5 Å². The van der Waals surface area contributed by atoms with E-state index in [4.69, 9.17) is 17.3 Å². The Morgan fingerprint density at radius 3 is 2.81 bits per heavy atom. The molecule has 2 rings (SSSR count). The minimum absolute atomic E-state index is 0.769. The van der Waals surface area contributed by atoms with Gasteiger partial charge in [0, 0.05) is 18.1 Å². The van der Waals surface area contributed by atoms with E-state index >= 15 is 0 Å². The first-order chi connectivity index (χ1) is 7.74. The molecule has 0 aliphatic rings. The predicted octanol–water partition coefficient (Wildman–Crippen LogP) is 3.11. The van der Waals surface area contributed by atoms with Crippen molar-refractivity contribution in [2.75, 3.05) is 6.54 Å². The first kappa shape index (κ1) is 11.5. The van der Waals surface area contributed by atoms with Crippen molar-refractivity contribution in [1.82, 2.24) is 4.57 Å². The predicted molar refractivity (Wildman–Crippen MR) is 69.9 cm³/mol. The zero-order valence-corrected chi connectivity index (χ0v) is 10.3. The Bertz CT molecular complexity index is 488. The van der Waals surface area contributed by atoms with Crippen LogP contribution in [-0.4, -0.2) is 11.1 Å². The molecule has 2 N–H and O–H groups in total. The molecule has 0 fully saturated rings. The number of hydrogen-bond donors (Lipinski definition) is 1. The summed E-state index contributed by atoms with van der Waals surface area (Å²) < 4.78 is 2.19. The molecule has 1 heterocycles. The number of nitrogens with zero attached hydrogens (tertiary/aromatic N) is 1. The maximum atomic E-state index is 6.20. The highest BCUT2D eigenvalue weighted by molar-refractivity contribution is 6.35. The molecule has 1 aromatic carbocycles. The van der Waals surface area contributed by atoms with Crippen molar-refractivity contribution in [3.63, 3.8) is 0 Å². The van der Waals surface area contributed by atoms with E-state index in [1.54, 1.807) is 0 Å². The molecule has 0 atom stereocenters. The van der Waals surface area contributed by atoms with E-state index in [-0.39, 0.29) is 0 Å². The second-order valence-electron chi connectivity index (χ2n) is 4.12. The highest BCUT2D eigenvalue weighted by Crippen LogP contribution is 2.26. The summed E-state index contributed by atoms with van der Waals surface area (Å²) in [7, 11) is 2.08. The minimum Gasteiger partial charge on any atom is -0.346 e.